The molecule has 3 aromatic rings. The first-order chi connectivity index (χ1) is 9.66. The van der Waals surface area contributed by atoms with E-state index in [-0.39, 0.29) is 16.9 Å². The van der Waals surface area contributed by atoms with Gasteiger partial charge in [0, 0.05) is 18.0 Å². The predicted molar refractivity (Wildman–Crippen MR) is 71.1 cm³/mol. The maximum atomic E-state index is 13.8. The van der Waals surface area contributed by atoms with Crippen LogP contribution in [0.4, 0.5) is 14.5 Å². The minimum absolute atomic E-state index is 0.0373. The fourth-order valence-corrected chi connectivity index (χ4v) is 1.91. The van der Waals surface area contributed by atoms with Crippen LogP contribution in [0.5, 0.6) is 0 Å². The number of halogens is 2. The number of aromatic nitrogens is 3. The number of nitrogens with two attached hydrogens (primary N) is 1. The first kappa shape index (κ1) is 12.3. The number of nitrogen functional groups attached to an aromatic ring is 1. The van der Waals surface area contributed by atoms with Crippen molar-refractivity contribution in [3.05, 3.63) is 60.6 Å². The van der Waals surface area contributed by atoms with Crippen LogP contribution >= 0.6 is 0 Å². The minimum Gasteiger partial charge on any atom is -0.396 e. The molecule has 0 spiro atoms. The van der Waals surface area contributed by atoms with E-state index >= 15 is 0 Å². The van der Waals surface area contributed by atoms with Gasteiger partial charge in [0.25, 0.3) is 0 Å². The van der Waals surface area contributed by atoms with Gasteiger partial charge in [-0.25, -0.2) is 13.5 Å². The second kappa shape index (κ2) is 4.73. The Bertz CT molecular complexity index is 753. The normalized spacial score (nSPS) is 10.7. The van der Waals surface area contributed by atoms with Gasteiger partial charge in [0.15, 0.2) is 11.6 Å². The Labute approximate surface area is 113 Å². The highest BCUT2D eigenvalue weighted by molar-refractivity contribution is 5.72. The molecule has 0 unspecified atom stereocenters. The highest BCUT2D eigenvalue weighted by Crippen LogP contribution is 2.28. The Morgan fingerprint density at radius 1 is 1.05 bits per heavy atom. The lowest BCUT2D eigenvalue weighted by atomic mass is 10.1. The van der Waals surface area contributed by atoms with Crippen LogP contribution in [0.25, 0.3) is 16.9 Å². The number of benzene rings is 1. The second-order valence-electron chi connectivity index (χ2n) is 4.18. The Balaban J connectivity index is 2.12. The number of hydrogen-bond donors (Lipinski definition) is 1. The van der Waals surface area contributed by atoms with Gasteiger partial charge in [-0.3, -0.25) is 4.98 Å². The molecule has 0 radical (unpaired) electrons. The van der Waals surface area contributed by atoms with E-state index in [1.54, 1.807) is 30.7 Å². The molecule has 3 rings (SSSR count). The molecular formula is C14H10F2N4. The van der Waals surface area contributed by atoms with Crippen LogP contribution in [-0.4, -0.2) is 14.8 Å². The largest absolute Gasteiger partial charge is 0.396 e. The molecule has 20 heavy (non-hydrogen) atoms. The third-order valence-corrected chi connectivity index (χ3v) is 2.88. The van der Waals surface area contributed by atoms with Crippen LogP contribution in [0.3, 0.4) is 0 Å². The predicted octanol–water partition coefficient (Wildman–Crippen LogP) is 2.79. The third kappa shape index (κ3) is 2.01. The standard InChI is InChI=1S/C14H10F2N4/c15-11-3-1-2-10(13(11)16)14-12(17)8-20(19-14)9-4-6-18-7-5-9/h1-8H,17H2. The van der Waals surface area contributed by atoms with Crippen LogP contribution in [0.2, 0.25) is 0 Å². The van der Waals surface area contributed by atoms with Crippen LogP contribution in [0.1, 0.15) is 0 Å². The molecule has 0 amide bonds. The maximum Gasteiger partial charge on any atom is 0.168 e. The van der Waals surface area contributed by atoms with E-state index in [2.05, 4.69) is 10.1 Å². The Morgan fingerprint density at radius 3 is 2.55 bits per heavy atom. The average molecular weight is 272 g/mol. The first-order valence-electron chi connectivity index (χ1n) is 5.87. The van der Waals surface area contributed by atoms with Crippen LogP contribution in [0.15, 0.2) is 48.9 Å². The summed E-state index contributed by atoms with van der Waals surface area (Å²) >= 11 is 0. The van der Waals surface area contributed by atoms with Gasteiger partial charge in [0.2, 0.25) is 0 Å². The summed E-state index contributed by atoms with van der Waals surface area (Å²) in [6, 6.07) is 7.37. The molecule has 0 aliphatic rings. The van der Waals surface area contributed by atoms with E-state index in [1.807, 2.05) is 0 Å². The fourth-order valence-electron chi connectivity index (χ4n) is 1.91. The molecule has 0 fully saturated rings. The summed E-state index contributed by atoms with van der Waals surface area (Å²) in [5.74, 6) is -1.89. The van der Waals surface area contributed by atoms with Crippen molar-refractivity contribution in [3.8, 4) is 16.9 Å². The van der Waals surface area contributed by atoms with Gasteiger partial charge in [-0.2, -0.15) is 5.10 Å². The number of rotatable bonds is 2. The van der Waals surface area contributed by atoms with Crippen molar-refractivity contribution in [1.29, 1.82) is 0 Å². The first-order valence-corrected chi connectivity index (χ1v) is 5.87. The molecule has 0 aliphatic carbocycles. The quantitative estimate of drug-likeness (QED) is 0.780. The van der Waals surface area contributed by atoms with Crippen molar-refractivity contribution in [2.24, 2.45) is 0 Å². The van der Waals surface area contributed by atoms with Gasteiger partial charge < -0.3 is 5.73 Å². The van der Waals surface area contributed by atoms with Crippen molar-refractivity contribution in [2.75, 3.05) is 5.73 Å². The van der Waals surface area contributed by atoms with Crippen LogP contribution in [0, 0.1) is 11.6 Å². The van der Waals surface area contributed by atoms with Crippen molar-refractivity contribution < 1.29 is 8.78 Å². The van der Waals surface area contributed by atoms with Gasteiger partial charge in [-0.1, -0.05) is 6.07 Å². The molecule has 0 atom stereocenters. The minimum atomic E-state index is -0.959. The molecule has 100 valence electrons. The van der Waals surface area contributed by atoms with Crippen LogP contribution < -0.4 is 5.73 Å². The number of anilines is 1. The summed E-state index contributed by atoms with van der Waals surface area (Å²) in [7, 11) is 0. The fraction of sp³-hybridized carbons (Fsp3) is 0. The van der Waals surface area contributed by atoms with E-state index in [1.165, 1.54) is 16.8 Å². The molecule has 0 bridgehead atoms. The van der Waals surface area contributed by atoms with Gasteiger partial charge in [-0.15, -0.1) is 0 Å². The molecular weight excluding hydrogens is 262 g/mol. The highest BCUT2D eigenvalue weighted by Gasteiger charge is 2.16. The molecule has 0 saturated heterocycles. The number of pyridine rings is 1. The molecule has 6 heteroatoms. The Morgan fingerprint density at radius 2 is 1.80 bits per heavy atom. The smallest absolute Gasteiger partial charge is 0.168 e. The summed E-state index contributed by atoms with van der Waals surface area (Å²) in [5.41, 5.74) is 7.09. The zero-order valence-electron chi connectivity index (χ0n) is 10.3. The second-order valence-corrected chi connectivity index (χ2v) is 4.18. The van der Waals surface area contributed by atoms with Crippen molar-refractivity contribution >= 4 is 5.69 Å². The lowest BCUT2D eigenvalue weighted by Gasteiger charge is -2.02. The van der Waals surface area contributed by atoms with E-state index in [0.717, 1.165) is 11.8 Å². The topological polar surface area (TPSA) is 56.7 Å². The van der Waals surface area contributed by atoms with Crippen molar-refractivity contribution in [1.82, 2.24) is 14.8 Å². The molecule has 1 aromatic carbocycles. The maximum absolute atomic E-state index is 13.8. The van der Waals surface area contributed by atoms with Gasteiger partial charge >= 0.3 is 0 Å². The molecule has 2 heterocycles. The summed E-state index contributed by atoms with van der Waals surface area (Å²) in [6.07, 6.45) is 4.76. The van der Waals surface area contributed by atoms with E-state index in [4.69, 9.17) is 5.73 Å². The van der Waals surface area contributed by atoms with Crippen molar-refractivity contribution in [2.45, 2.75) is 0 Å². The lowest BCUT2D eigenvalue weighted by Crippen LogP contribution is -1.96. The zero-order chi connectivity index (χ0) is 14.1. The van der Waals surface area contributed by atoms with Gasteiger partial charge in [0.05, 0.1) is 17.6 Å². The number of hydrogen-bond acceptors (Lipinski definition) is 3. The molecule has 2 N–H and O–H groups in total. The van der Waals surface area contributed by atoms with E-state index < -0.39 is 11.6 Å². The third-order valence-electron chi connectivity index (χ3n) is 2.88. The highest BCUT2D eigenvalue weighted by atomic mass is 19.2. The lowest BCUT2D eigenvalue weighted by molar-refractivity contribution is 0.511. The Hall–Kier alpha value is -2.76. The Kier molecular flexibility index (Phi) is 2.90. The summed E-state index contributed by atoms with van der Waals surface area (Å²) in [6.45, 7) is 0. The SMILES string of the molecule is Nc1cn(-c2ccncc2)nc1-c1cccc(F)c1F. The summed E-state index contributed by atoms with van der Waals surface area (Å²) in [4.78, 5) is 3.90. The van der Waals surface area contributed by atoms with Gasteiger partial charge in [0.1, 0.15) is 5.69 Å². The molecule has 0 aliphatic heterocycles. The number of nitrogens with zero attached hydrogens (tertiary/aromatic N) is 3. The van der Waals surface area contributed by atoms with E-state index in [9.17, 15) is 8.78 Å². The summed E-state index contributed by atoms with van der Waals surface area (Å²) in [5, 5.41) is 4.21. The monoisotopic (exact) mass is 272 g/mol. The van der Waals surface area contributed by atoms with Crippen molar-refractivity contribution in [3.63, 3.8) is 0 Å². The molecule has 0 saturated carbocycles. The zero-order valence-corrected chi connectivity index (χ0v) is 10.3. The summed E-state index contributed by atoms with van der Waals surface area (Å²) < 4.78 is 28.6. The molecule has 4 nitrogen and oxygen atoms in total. The molecule has 2 aromatic heterocycles. The van der Waals surface area contributed by atoms with E-state index in [0.29, 0.717) is 0 Å². The van der Waals surface area contributed by atoms with Gasteiger partial charge in [-0.05, 0) is 24.3 Å². The van der Waals surface area contributed by atoms with Crippen LogP contribution in [-0.2, 0) is 0 Å². The average Bonchev–Trinajstić information content (AvgIpc) is 2.85.